The van der Waals surface area contributed by atoms with Crippen molar-refractivity contribution in [1.82, 2.24) is 4.90 Å². The third-order valence-electron chi connectivity index (χ3n) is 4.83. The Labute approximate surface area is 189 Å². The van der Waals surface area contributed by atoms with Gasteiger partial charge in [-0.25, -0.2) is 0 Å². The van der Waals surface area contributed by atoms with E-state index in [1.807, 2.05) is 0 Å². The minimum atomic E-state index is 0. The number of unbranched alkanes of at least 4 members (excludes halogenated alkanes) is 14. The van der Waals surface area contributed by atoms with Gasteiger partial charge < -0.3 is 10.4 Å². The first-order valence-electron chi connectivity index (χ1n) is 10.7. The summed E-state index contributed by atoms with van der Waals surface area (Å²) in [6.07, 6.45) is 22.0. The molecule has 0 fully saturated rings. The number of hydrogen-bond donors (Lipinski definition) is 1. The van der Waals surface area contributed by atoms with Crippen molar-refractivity contribution in [3.63, 3.8) is 0 Å². The van der Waals surface area contributed by atoms with Crippen LogP contribution in [0.15, 0.2) is 0 Å². The van der Waals surface area contributed by atoms with E-state index in [4.69, 9.17) is 12.2 Å². The van der Waals surface area contributed by atoms with Crippen LogP contribution in [0.5, 0.6) is 0 Å². The molecule has 0 aliphatic carbocycles. The number of thiocarbonyl (C=S) groups is 1. The molecule has 2 nitrogen and oxygen atoms in total. The van der Waals surface area contributed by atoms with E-state index in [2.05, 4.69) is 31.4 Å². The molecular formula is C21H45MoNOS2. The monoisotopic (exact) mass is 489 g/mol. The van der Waals surface area contributed by atoms with Crippen LogP contribution in [0.25, 0.3) is 0 Å². The molecule has 0 aliphatic heterocycles. The van der Waals surface area contributed by atoms with E-state index < -0.39 is 0 Å². The van der Waals surface area contributed by atoms with E-state index in [0.717, 1.165) is 17.4 Å². The molecule has 0 saturated carbocycles. The molecule has 0 saturated heterocycles. The normalized spacial score (nSPS) is 10.1. The van der Waals surface area contributed by atoms with Crippen molar-refractivity contribution >= 4 is 29.2 Å². The number of hydrogen-bond acceptors (Lipinski definition) is 1. The average molecular weight is 488 g/mol. The minimum absolute atomic E-state index is 0. The summed E-state index contributed by atoms with van der Waals surface area (Å²) in [5.41, 5.74) is 0. The fourth-order valence-electron chi connectivity index (χ4n) is 3.18. The standard InChI is InChI=1S/C21H43NS2.Mo.H2O/c1-3-5-7-9-11-13-15-17-19-22(21(23)24)20-18-16-14-12-10-8-6-4-2;;/h3-20H2,1-2H3,(H,23,24);;1H2. The first-order chi connectivity index (χ1) is 11.7. The van der Waals surface area contributed by atoms with Crippen molar-refractivity contribution in [2.75, 3.05) is 13.1 Å². The van der Waals surface area contributed by atoms with Crippen molar-refractivity contribution in [3.8, 4) is 0 Å². The second-order valence-electron chi connectivity index (χ2n) is 7.22. The molecule has 0 aromatic heterocycles. The number of nitrogens with zero attached hydrogens (tertiary/aromatic N) is 1. The van der Waals surface area contributed by atoms with Crippen LogP contribution < -0.4 is 0 Å². The van der Waals surface area contributed by atoms with E-state index in [1.54, 1.807) is 0 Å². The maximum atomic E-state index is 5.30. The molecule has 0 aliphatic rings. The Morgan fingerprint density at radius 2 is 0.885 bits per heavy atom. The average Bonchev–Trinajstić information content (AvgIpc) is 2.57. The number of rotatable bonds is 18. The predicted molar refractivity (Wildman–Crippen MR) is 122 cm³/mol. The first kappa shape index (κ1) is 31.6. The Bertz CT molecular complexity index is 261. The van der Waals surface area contributed by atoms with Crippen LogP contribution in [-0.2, 0) is 21.1 Å². The van der Waals surface area contributed by atoms with E-state index in [1.165, 1.54) is 103 Å². The summed E-state index contributed by atoms with van der Waals surface area (Å²) in [7, 11) is 0. The molecule has 0 unspecified atom stereocenters. The Balaban J connectivity index is -0.00000264. The van der Waals surface area contributed by atoms with E-state index in [0.29, 0.717) is 0 Å². The van der Waals surface area contributed by atoms with Gasteiger partial charge in [0.1, 0.15) is 4.32 Å². The smallest absolute Gasteiger partial charge is 0.133 e. The molecule has 0 heterocycles. The third kappa shape index (κ3) is 22.9. The molecule has 0 atom stereocenters. The first-order valence-corrected chi connectivity index (χ1v) is 11.6. The predicted octanol–water partition coefficient (Wildman–Crippen LogP) is 6.96. The quantitative estimate of drug-likeness (QED) is 0.0982. The second-order valence-corrected chi connectivity index (χ2v) is 8.33. The van der Waals surface area contributed by atoms with E-state index in [-0.39, 0.29) is 26.5 Å². The van der Waals surface area contributed by atoms with Gasteiger partial charge in [0.05, 0.1) is 0 Å². The molecule has 26 heavy (non-hydrogen) atoms. The summed E-state index contributed by atoms with van der Waals surface area (Å²) in [6, 6.07) is 0. The summed E-state index contributed by atoms with van der Waals surface area (Å²) < 4.78 is 0.792. The van der Waals surface area contributed by atoms with Gasteiger partial charge >= 0.3 is 0 Å². The number of thiol groups is 1. The fraction of sp³-hybridized carbons (Fsp3) is 0.952. The zero-order chi connectivity index (χ0) is 17.9. The van der Waals surface area contributed by atoms with Crippen LogP contribution in [0.4, 0.5) is 0 Å². The molecular weight excluding hydrogens is 442 g/mol. The summed E-state index contributed by atoms with van der Waals surface area (Å²) in [5.74, 6) is 0. The molecule has 0 bridgehead atoms. The van der Waals surface area contributed by atoms with Gasteiger partial charge in [-0.05, 0) is 12.8 Å². The van der Waals surface area contributed by atoms with Crippen LogP contribution in [0, 0.1) is 0 Å². The van der Waals surface area contributed by atoms with Gasteiger partial charge in [-0.2, -0.15) is 0 Å². The molecule has 5 heteroatoms. The Morgan fingerprint density at radius 3 is 1.15 bits per heavy atom. The maximum Gasteiger partial charge on any atom is 0.133 e. The molecule has 0 aromatic rings. The van der Waals surface area contributed by atoms with Gasteiger partial charge in [-0.15, -0.1) is 12.6 Å². The summed E-state index contributed by atoms with van der Waals surface area (Å²) in [4.78, 5) is 2.31. The fourth-order valence-corrected chi connectivity index (χ4v) is 3.56. The molecule has 0 aromatic carbocycles. The van der Waals surface area contributed by atoms with Crippen LogP contribution >= 0.6 is 24.8 Å². The Kier molecular flexibility index (Phi) is 31.4. The Morgan fingerprint density at radius 1 is 0.615 bits per heavy atom. The van der Waals surface area contributed by atoms with E-state index in [9.17, 15) is 0 Å². The zero-order valence-corrected chi connectivity index (χ0v) is 21.2. The zero-order valence-electron chi connectivity index (χ0n) is 17.4. The molecule has 0 rings (SSSR count). The van der Waals surface area contributed by atoms with Gasteiger partial charge in [0.15, 0.2) is 0 Å². The van der Waals surface area contributed by atoms with Crippen LogP contribution in [-0.4, -0.2) is 27.8 Å². The van der Waals surface area contributed by atoms with Crippen molar-refractivity contribution < 1.29 is 26.5 Å². The second kappa shape index (κ2) is 25.9. The SMILES string of the molecule is CCCCCCCCCCN(CCCCCCCCCC)C(=S)S.O.[Mo]. The maximum absolute atomic E-state index is 5.30. The van der Waals surface area contributed by atoms with Crippen LogP contribution in [0.3, 0.4) is 0 Å². The van der Waals surface area contributed by atoms with Crippen molar-refractivity contribution in [3.05, 3.63) is 0 Å². The molecule has 0 amide bonds. The summed E-state index contributed by atoms with van der Waals surface area (Å²) in [6.45, 7) is 6.77. The molecule has 158 valence electrons. The third-order valence-corrected chi connectivity index (χ3v) is 5.37. The summed E-state index contributed by atoms with van der Waals surface area (Å²) in [5, 5.41) is 0. The van der Waals surface area contributed by atoms with Crippen molar-refractivity contribution in [2.24, 2.45) is 0 Å². The topological polar surface area (TPSA) is 34.7 Å². The van der Waals surface area contributed by atoms with Gasteiger partial charge in [0, 0.05) is 34.2 Å². The van der Waals surface area contributed by atoms with E-state index >= 15 is 0 Å². The van der Waals surface area contributed by atoms with Crippen LogP contribution in [0.2, 0.25) is 0 Å². The molecule has 0 radical (unpaired) electrons. The van der Waals surface area contributed by atoms with Gasteiger partial charge in [0.25, 0.3) is 0 Å². The van der Waals surface area contributed by atoms with Crippen LogP contribution in [0.1, 0.15) is 117 Å². The van der Waals surface area contributed by atoms with Gasteiger partial charge in [0.2, 0.25) is 0 Å². The van der Waals surface area contributed by atoms with Gasteiger partial charge in [-0.1, -0.05) is 116 Å². The minimum Gasteiger partial charge on any atom is -0.412 e. The molecule has 2 N–H and O–H groups in total. The van der Waals surface area contributed by atoms with Gasteiger partial charge in [-0.3, -0.25) is 0 Å². The Hall–Kier alpha value is 0.888. The molecule has 0 spiro atoms. The summed E-state index contributed by atoms with van der Waals surface area (Å²) >= 11 is 9.72. The van der Waals surface area contributed by atoms with Crippen molar-refractivity contribution in [2.45, 2.75) is 117 Å². The largest absolute Gasteiger partial charge is 0.412 e. The van der Waals surface area contributed by atoms with Crippen molar-refractivity contribution in [1.29, 1.82) is 0 Å².